The lowest BCUT2D eigenvalue weighted by Crippen LogP contribution is -2.10. The van der Waals surface area contributed by atoms with Gasteiger partial charge in [0.1, 0.15) is 5.78 Å². The minimum Gasteiger partial charge on any atom is -0.504 e. The summed E-state index contributed by atoms with van der Waals surface area (Å²) in [5, 5.41) is 27.9. The van der Waals surface area contributed by atoms with Crippen LogP contribution in [0.3, 0.4) is 0 Å². The van der Waals surface area contributed by atoms with Gasteiger partial charge in [0, 0.05) is 12.8 Å². The lowest BCUT2D eigenvalue weighted by Gasteiger charge is -2.07. The molecule has 0 saturated carbocycles. The van der Waals surface area contributed by atoms with Crippen molar-refractivity contribution >= 4 is 11.8 Å². The van der Waals surface area contributed by atoms with E-state index in [2.05, 4.69) is 6.92 Å². The van der Waals surface area contributed by atoms with Crippen LogP contribution in [-0.2, 0) is 9.53 Å². The van der Waals surface area contributed by atoms with Gasteiger partial charge in [0.25, 0.3) is 0 Å². The summed E-state index contributed by atoms with van der Waals surface area (Å²) in [6, 6.07) is 1.99. The summed E-state index contributed by atoms with van der Waals surface area (Å²) in [5.74, 6) is -2.64. The summed E-state index contributed by atoms with van der Waals surface area (Å²) >= 11 is 0. The molecule has 6 nitrogen and oxygen atoms in total. The quantitative estimate of drug-likeness (QED) is 0.346. The first kappa shape index (κ1) is 18.8. The SMILES string of the molecule is CCCCCCCC(=O)CCOC(=O)c1cc(O)c(O)c(O)c1. The zero-order valence-corrected chi connectivity index (χ0v) is 13.4. The lowest BCUT2D eigenvalue weighted by atomic mass is 10.1. The molecule has 0 saturated heterocycles. The fourth-order valence-corrected chi connectivity index (χ4v) is 2.11. The van der Waals surface area contributed by atoms with Crippen LogP contribution in [0.25, 0.3) is 0 Å². The lowest BCUT2D eigenvalue weighted by molar-refractivity contribution is -0.119. The molecule has 0 heterocycles. The number of hydrogen-bond acceptors (Lipinski definition) is 6. The van der Waals surface area contributed by atoms with Crippen molar-refractivity contribution in [3.8, 4) is 17.2 Å². The highest BCUT2D eigenvalue weighted by Gasteiger charge is 2.15. The molecule has 23 heavy (non-hydrogen) atoms. The Bertz CT molecular complexity index is 515. The largest absolute Gasteiger partial charge is 0.504 e. The fraction of sp³-hybridized carbons (Fsp3) is 0.529. The third-order valence-corrected chi connectivity index (χ3v) is 3.48. The number of phenols is 3. The molecular weight excluding hydrogens is 300 g/mol. The summed E-state index contributed by atoms with van der Waals surface area (Å²) in [4.78, 5) is 23.4. The molecular formula is C17H24O6. The second-order valence-electron chi connectivity index (χ2n) is 5.45. The average molecular weight is 324 g/mol. The molecule has 3 N–H and O–H groups in total. The Kier molecular flexibility index (Phi) is 7.94. The van der Waals surface area contributed by atoms with Gasteiger partial charge in [-0.3, -0.25) is 4.79 Å². The molecule has 0 amide bonds. The number of ketones is 1. The average Bonchev–Trinajstić information content (AvgIpc) is 2.51. The van der Waals surface area contributed by atoms with Crippen LogP contribution >= 0.6 is 0 Å². The Morgan fingerprint density at radius 3 is 2.17 bits per heavy atom. The second-order valence-corrected chi connectivity index (χ2v) is 5.45. The van der Waals surface area contributed by atoms with E-state index >= 15 is 0 Å². The Hall–Kier alpha value is -2.24. The standard InChI is InChI=1S/C17H24O6/c1-2-3-4-5-6-7-13(18)8-9-23-17(22)12-10-14(19)16(21)15(20)11-12/h10-11,19-21H,2-9H2,1H3. The Morgan fingerprint density at radius 2 is 1.57 bits per heavy atom. The molecule has 0 unspecified atom stereocenters. The van der Waals surface area contributed by atoms with Crippen molar-refractivity contribution in [2.45, 2.75) is 51.9 Å². The van der Waals surface area contributed by atoms with Gasteiger partial charge in [-0.15, -0.1) is 0 Å². The number of hydrogen-bond donors (Lipinski definition) is 3. The maximum absolute atomic E-state index is 11.7. The first-order valence-corrected chi connectivity index (χ1v) is 7.89. The van der Waals surface area contributed by atoms with Gasteiger partial charge in [-0.2, -0.15) is 0 Å². The smallest absolute Gasteiger partial charge is 0.338 e. The van der Waals surface area contributed by atoms with Crippen LogP contribution < -0.4 is 0 Å². The van der Waals surface area contributed by atoms with E-state index < -0.39 is 23.2 Å². The zero-order valence-electron chi connectivity index (χ0n) is 13.4. The van der Waals surface area contributed by atoms with E-state index in [4.69, 9.17) is 4.74 Å². The van der Waals surface area contributed by atoms with Gasteiger partial charge >= 0.3 is 5.97 Å². The van der Waals surface area contributed by atoms with Crippen LogP contribution in [0.4, 0.5) is 0 Å². The van der Waals surface area contributed by atoms with E-state index in [9.17, 15) is 24.9 Å². The summed E-state index contributed by atoms with van der Waals surface area (Å²) < 4.78 is 4.93. The van der Waals surface area contributed by atoms with Gasteiger partial charge in [-0.25, -0.2) is 4.79 Å². The number of phenolic OH excluding ortho intramolecular Hbond substituents is 3. The fourth-order valence-electron chi connectivity index (χ4n) is 2.11. The summed E-state index contributed by atoms with van der Waals surface area (Å²) in [7, 11) is 0. The van der Waals surface area contributed by atoms with Gasteiger partial charge in [0.05, 0.1) is 12.2 Å². The summed E-state index contributed by atoms with van der Waals surface area (Å²) in [5.41, 5.74) is -0.0928. The number of aromatic hydroxyl groups is 3. The first-order valence-electron chi connectivity index (χ1n) is 7.89. The topological polar surface area (TPSA) is 104 Å². The van der Waals surface area contributed by atoms with Crippen molar-refractivity contribution in [3.63, 3.8) is 0 Å². The van der Waals surface area contributed by atoms with Gasteiger partial charge in [-0.1, -0.05) is 32.6 Å². The highest BCUT2D eigenvalue weighted by Crippen LogP contribution is 2.35. The minimum absolute atomic E-state index is 0.0466. The number of carbonyl (C=O) groups is 2. The van der Waals surface area contributed by atoms with Gasteiger partial charge < -0.3 is 20.1 Å². The predicted molar refractivity (Wildman–Crippen MR) is 84.7 cm³/mol. The summed E-state index contributed by atoms with van der Waals surface area (Å²) in [6.45, 7) is 2.09. The van der Waals surface area contributed by atoms with E-state index in [1.165, 1.54) is 6.42 Å². The van der Waals surface area contributed by atoms with E-state index in [-0.39, 0.29) is 24.4 Å². The molecule has 6 heteroatoms. The predicted octanol–water partition coefficient (Wildman–Crippen LogP) is 3.28. The van der Waals surface area contributed by atoms with E-state index in [1.807, 2.05) is 0 Å². The van der Waals surface area contributed by atoms with Crippen LogP contribution in [0.15, 0.2) is 12.1 Å². The molecule has 1 aromatic carbocycles. The second kappa shape index (κ2) is 9.71. The molecule has 0 bridgehead atoms. The molecule has 0 aliphatic carbocycles. The molecule has 0 spiro atoms. The Balaban J connectivity index is 2.30. The summed E-state index contributed by atoms with van der Waals surface area (Å²) in [6.07, 6.45) is 5.99. The normalized spacial score (nSPS) is 10.5. The number of carbonyl (C=O) groups excluding carboxylic acids is 2. The van der Waals surface area contributed by atoms with Crippen molar-refractivity contribution in [1.82, 2.24) is 0 Å². The Morgan fingerprint density at radius 1 is 0.957 bits per heavy atom. The van der Waals surface area contributed by atoms with E-state index in [1.54, 1.807) is 0 Å². The molecule has 0 aliphatic heterocycles. The van der Waals surface area contributed by atoms with Crippen LogP contribution in [0.1, 0.15) is 62.2 Å². The molecule has 0 atom stereocenters. The number of unbranched alkanes of at least 4 members (excludes halogenated alkanes) is 4. The number of benzene rings is 1. The Labute approximate surface area is 135 Å². The molecule has 128 valence electrons. The monoisotopic (exact) mass is 324 g/mol. The molecule has 1 rings (SSSR count). The van der Waals surface area contributed by atoms with E-state index in [0.717, 1.165) is 37.8 Å². The number of ether oxygens (including phenoxy) is 1. The minimum atomic E-state index is -0.772. The molecule has 0 aliphatic rings. The molecule has 0 radical (unpaired) electrons. The molecule has 1 aromatic rings. The van der Waals surface area contributed by atoms with Crippen molar-refractivity contribution in [3.05, 3.63) is 17.7 Å². The van der Waals surface area contributed by atoms with Crippen molar-refractivity contribution in [2.75, 3.05) is 6.61 Å². The van der Waals surface area contributed by atoms with E-state index in [0.29, 0.717) is 6.42 Å². The van der Waals surface area contributed by atoms with Gasteiger partial charge in [-0.05, 0) is 18.6 Å². The zero-order chi connectivity index (χ0) is 17.2. The highest BCUT2D eigenvalue weighted by atomic mass is 16.5. The maximum Gasteiger partial charge on any atom is 0.338 e. The van der Waals surface area contributed by atoms with Crippen LogP contribution in [0.2, 0.25) is 0 Å². The highest BCUT2D eigenvalue weighted by molar-refractivity contribution is 5.91. The molecule has 0 aromatic heterocycles. The third kappa shape index (κ3) is 6.59. The first-order chi connectivity index (χ1) is 11.0. The van der Waals surface area contributed by atoms with Gasteiger partial charge in [0.15, 0.2) is 17.2 Å². The van der Waals surface area contributed by atoms with Crippen LogP contribution in [0.5, 0.6) is 17.2 Å². The van der Waals surface area contributed by atoms with Crippen LogP contribution in [0, 0.1) is 0 Å². The van der Waals surface area contributed by atoms with Crippen molar-refractivity contribution in [2.24, 2.45) is 0 Å². The number of esters is 1. The van der Waals surface area contributed by atoms with Crippen molar-refractivity contribution < 1.29 is 29.6 Å². The molecule has 0 fully saturated rings. The number of Topliss-reactive ketones (excluding diaryl/α,β-unsaturated/α-hetero) is 1. The third-order valence-electron chi connectivity index (χ3n) is 3.48. The number of rotatable bonds is 10. The van der Waals surface area contributed by atoms with Crippen LogP contribution in [-0.4, -0.2) is 33.7 Å². The maximum atomic E-state index is 11.7. The van der Waals surface area contributed by atoms with Crippen molar-refractivity contribution in [1.29, 1.82) is 0 Å². The van der Waals surface area contributed by atoms with Gasteiger partial charge in [0.2, 0.25) is 0 Å².